The molecule has 1 aliphatic heterocycles. The molecule has 0 radical (unpaired) electrons. The Labute approximate surface area is 127 Å². The number of hydrogen-bond donors (Lipinski definition) is 1. The first-order chi connectivity index (χ1) is 10.3. The lowest BCUT2D eigenvalue weighted by molar-refractivity contribution is 0.223. The molecule has 0 fully saturated rings. The van der Waals surface area contributed by atoms with Crippen LogP contribution in [0.2, 0.25) is 5.02 Å². The summed E-state index contributed by atoms with van der Waals surface area (Å²) in [7, 11) is 0. The van der Waals surface area contributed by atoms with Crippen molar-refractivity contribution in [3.8, 4) is 5.75 Å². The first-order valence-electron chi connectivity index (χ1n) is 6.85. The molecule has 0 saturated carbocycles. The summed E-state index contributed by atoms with van der Waals surface area (Å²) >= 11 is 5.93. The molecular weight excluding hydrogens is 290 g/mol. The Balaban J connectivity index is 1.49. The lowest BCUT2D eigenvalue weighted by atomic mass is 10.1. The highest BCUT2D eigenvalue weighted by Gasteiger charge is 2.16. The van der Waals surface area contributed by atoms with Crippen LogP contribution in [0.15, 0.2) is 30.3 Å². The predicted octanol–water partition coefficient (Wildman–Crippen LogP) is 2.02. The summed E-state index contributed by atoms with van der Waals surface area (Å²) in [6.45, 7) is 3.31. The molecule has 1 aromatic heterocycles. The lowest BCUT2D eigenvalue weighted by Gasteiger charge is -2.25. The largest absolute Gasteiger partial charge is 0.492 e. The molecule has 6 nitrogen and oxygen atoms in total. The smallest absolute Gasteiger partial charge is 0.201 e. The Morgan fingerprint density at radius 3 is 3.14 bits per heavy atom. The molecule has 0 unspecified atom stereocenters. The van der Waals surface area contributed by atoms with Crippen LogP contribution < -0.4 is 4.74 Å². The van der Waals surface area contributed by atoms with Crippen molar-refractivity contribution in [2.24, 2.45) is 0 Å². The number of nitrogens with one attached hydrogen (secondary N) is 1. The summed E-state index contributed by atoms with van der Waals surface area (Å²) in [5.74, 6) is 1.48. The molecule has 1 aliphatic rings. The molecule has 0 bridgehead atoms. The average molecular weight is 306 g/mol. The maximum atomic E-state index is 5.93. The number of halogens is 1. The van der Waals surface area contributed by atoms with Crippen molar-refractivity contribution in [3.63, 3.8) is 0 Å². The fourth-order valence-electron chi connectivity index (χ4n) is 2.31. The number of hydrogen-bond acceptors (Lipinski definition) is 5. The van der Waals surface area contributed by atoms with Crippen molar-refractivity contribution >= 4 is 17.2 Å². The van der Waals surface area contributed by atoms with Crippen LogP contribution in [0, 0.1) is 0 Å². The minimum Gasteiger partial charge on any atom is -0.492 e. The Morgan fingerprint density at radius 2 is 2.33 bits per heavy atom. The minimum atomic E-state index is 0.625. The predicted molar refractivity (Wildman–Crippen MR) is 80.2 cm³/mol. The second kappa shape index (κ2) is 6.69. The maximum absolute atomic E-state index is 5.93. The third-order valence-corrected chi connectivity index (χ3v) is 3.57. The fourth-order valence-corrected chi connectivity index (χ4v) is 2.49. The molecule has 0 atom stereocenters. The first kappa shape index (κ1) is 14.0. The molecule has 0 aliphatic carbocycles. The summed E-state index contributed by atoms with van der Waals surface area (Å²) in [4.78, 5) is 2.32. The maximum Gasteiger partial charge on any atom is 0.201 e. The number of tetrazole rings is 1. The van der Waals surface area contributed by atoms with Gasteiger partial charge in [0.05, 0.1) is 0 Å². The van der Waals surface area contributed by atoms with Gasteiger partial charge in [-0.25, -0.2) is 0 Å². The summed E-state index contributed by atoms with van der Waals surface area (Å²) in [6.07, 6.45) is 3.15. The van der Waals surface area contributed by atoms with E-state index in [2.05, 4.69) is 31.6 Å². The Kier molecular flexibility index (Phi) is 4.47. The molecule has 0 saturated heterocycles. The van der Waals surface area contributed by atoms with E-state index in [9.17, 15) is 0 Å². The molecule has 2 heterocycles. The van der Waals surface area contributed by atoms with E-state index in [0.29, 0.717) is 17.5 Å². The van der Waals surface area contributed by atoms with Gasteiger partial charge in [0.2, 0.25) is 5.82 Å². The fraction of sp³-hybridized carbons (Fsp3) is 0.357. The summed E-state index contributed by atoms with van der Waals surface area (Å²) in [5, 5.41) is 14.8. The van der Waals surface area contributed by atoms with Gasteiger partial charge in [-0.3, -0.25) is 4.90 Å². The van der Waals surface area contributed by atoms with E-state index < -0.39 is 0 Å². The Bertz CT molecular complexity index is 614. The Morgan fingerprint density at radius 1 is 1.38 bits per heavy atom. The van der Waals surface area contributed by atoms with Crippen LogP contribution in [-0.2, 0) is 0 Å². The molecule has 7 heteroatoms. The number of ether oxygens (including phenoxy) is 1. The minimum absolute atomic E-state index is 0.625. The average Bonchev–Trinajstić information content (AvgIpc) is 3.02. The molecule has 1 N–H and O–H groups in total. The number of rotatable bonds is 5. The molecule has 0 amide bonds. The van der Waals surface area contributed by atoms with Gasteiger partial charge in [0.15, 0.2) is 0 Å². The number of benzene rings is 1. The van der Waals surface area contributed by atoms with Crippen LogP contribution in [0.1, 0.15) is 12.2 Å². The summed E-state index contributed by atoms with van der Waals surface area (Å²) in [5.41, 5.74) is 1.11. The molecular formula is C14H16ClN5O. The van der Waals surface area contributed by atoms with Gasteiger partial charge in [-0.1, -0.05) is 23.7 Å². The van der Waals surface area contributed by atoms with Crippen molar-refractivity contribution < 1.29 is 4.74 Å². The number of H-pyrrole nitrogens is 1. The highest BCUT2D eigenvalue weighted by molar-refractivity contribution is 6.30. The second-order valence-corrected chi connectivity index (χ2v) is 5.27. The SMILES string of the molecule is Clc1cccc(OCCN2CCC=C(c3nn[nH]n3)C2)c1. The van der Waals surface area contributed by atoms with Crippen LogP contribution in [0.25, 0.3) is 5.57 Å². The summed E-state index contributed by atoms with van der Waals surface area (Å²) < 4.78 is 5.72. The molecule has 0 spiro atoms. The zero-order valence-electron chi connectivity index (χ0n) is 11.5. The van der Waals surface area contributed by atoms with Gasteiger partial charge in [-0.2, -0.15) is 5.21 Å². The molecule has 1 aromatic carbocycles. The van der Waals surface area contributed by atoms with E-state index >= 15 is 0 Å². The standard InChI is InChI=1S/C14H16ClN5O/c15-12-4-1-5-13(9-12)21-8-7-20-6-2-3-11(10-20)14-16-18-19-17-14/h1,3-5,9H,2,6-8,10H2,(H,16,17,18,19). The zero-order chi connectivity index (χ0) is 14.5. The molecule has 21 heavy (non-hydrogen) atoms. The van der Waals surface area contributed by atoms with E-state index in [0.717, 1.165) is 37.4 Å². The van der Waals surface area contributed by atoms with E-state index in [1.54, 1.807) is 0 Å². The third kappa shape index (κ3) is 3.80. The third-order valence-electron chi connectivity index (χ3n) is 3.33. The van der Waals surface area contributed by atoms with Crippen molar-refractivity contribution in [2.45, 2.75) is 6.42 Å². The van der Waals surface area contributed by atoms with Gasteiger partial charge >= 0.3 is 0 Å². The van der Waals surface area contributed by atoms with Crippen LogP contribution in [0.5, 0.6) is 5.75 Å². The highest BCUT2D eigenvalue weighted by atomic mass is 35.5. The topological polar surface area (TPSA) is 66.9 Å². The van der Waals surface area contributed by atoms with Gasteiger partial charge in [-0.05, 0) is 29.8 Å². The number of nitrogens with zero attached hydrogens (tertiary/aromatic N) is 4. The number of aromatic amines is 1. The first-order valence-corrected chi connectivity index (χ1v) is 7.22. The molecule has 3 rings (SSSR count). The van der Waals surface area contributed by atoms with E-state index in [4.69, 9.17) is 16.3 Å². The van der Waals surface area contributed by atoms with Crippen molar-refractivity contribution in [1.82, 2.24) is 25.5 Å². The van der Waals surface area contributed by atoms with Crippen LogP contribution >= 0.6 is 11.6 Å². The van der Waals surface area contributed by atoms with E-state index in [1.165, 1.54) is 0 Å². The van der Waals surface area contributed by atoms with Gasteiger partial charge in [0.25, 0.3) is 0 Å². The zero-order valence-corrected chi connectivity index (χ0v) is 12.3. The lowest BCUT2D eigenvalue weighted by Crippen LogP contribution is -2.33. The molecule has 2 aromatic rings. The van der Waals surface area contributed by atoms with E-state index in [1.807, 2.05) is 24.3 Å². The molecule has 110 valence electrons. The highest BCUT2D eigenvalue weighted by Crippen LogP contribution is 2.18. The monoisotopic (exact) mass is 305 g/mol. The van der Waals surface area contributed by atoms with Crippen molar-refractivity contribution in [3.05, 3.63) is 41.2 Å². The quantitative estimate of drug-likeness (QED) is 0.915. The van der Waals surface area contributed by atoms with Gasteiger partial charge in [0, 0.05) is 30.2 Å². The normalized spacial score (nSPS) is 15.8. The Hall–Kier alpha value is -1.92. The summed E-state index contributed by atoms with van der Waals surface area (Å²) in [6, 6.07) is 7.45. The van der Waals surface area contributed by atoms with Crippen LogP contribution in [-0.4, -0.2) is 51.8 Å². The number of aromatic nitrogens is 4. The van der Waals surface area contributed by atoms with Crippen LogP contribution in [0.4, 0.5) is 0 Å². The van der Waals surface area contributed by atoms with E-state index in [-0.39, 0.29) is 0 Å². The second-order valence-electron chi connectivity index (χ2n) is 4.84. The van der Waals surface area contributed by atoms with Crippen molar-refractivity contribution in [2.75, 3.05) is 26.2 Å². The van der Waals surface area contributed by atoms with Gasteiger partial charge in [-0.15, -0.1) is 10.2 Å². The van der Waals surface area contributed by atoms with Gasteiger partial charge < -0.3 is 4.74 Å². The van der Waals surface area contributed by atoms with Crippen LogP contribution in [0.3, 0.4) is 0 Å². The van der Waals surface area contributed by atoms with Crippen molar-refractivity contribution in [1.29, 1.82) is 0 Å². The van der Waals surface area contributed by atoms with Gasteiger partial charge in [0.1, 0.15) is 12.4 Å².